The van der Waals surface area contributed by atoms with Crippen LogP contribution < -0.4 is 5.73 Å². The van der Waals surface area contributed by atoms with Crippen LogP contribution in [0.4, 0.5) is 0 Å². The topological polar surface area (TPSA) is 43.8 Å². The smallest absolute Gasteiger partial charge is 0.0948 e. The SMILES string of the molecule is NCC=CCn1ccnc1. The summed E-state index contributed by atoms with van der Waals surface area (Å²) in [5, 5.41) is 0. The summed E-state index contributed by atoms with van der Waals surface area (Å²) in [7, 11) is 0. The van der Waals surface area contributed by atoms with E-state index in [2.05, 4.69) is 4.98 Å². The quantitative estimate of drug-likeness (QED) is 0.613. The van der Waals surface area contributed by atoms with Crippen LogP contribution in [0.2, 0.25) is 0 Å². The van der Waals surface area contributed by atoms with Gasteiger partial charge >= 0.3 is 0 Å². The fraction of sp³-hybridized carbons (Fsp3) is 0.286. The molecule has 1 heterocycles. The van der Waals surface area contributed by atoms with Crippen LogP contribution in [-0.2, 0) is 6.54 Å². The van der Waals surface area contributed by atoms with E-state index in [0.29, 0.717) is 6.54 Å². The van der Waals surface area contributed by atoms with Gasteiger partial charge in [-0.1, -0.05) is 12.2 Å². The number of rotatable bonds is 3. The molecular weight excluding hydrogens is 126 g/mol. The van der Waals surface area contributed by atoms with E-state index >= 15 is 0 Å². The van der Waals surface area contributed by atoms with Crippen molar-refractivity contribution in [2.45, 2.75) is 6.54 Å². The number of hydrogen-bond acceptors (Lipinski definition) is 2. The monoisotopic (exact) mass is 137 g/mol. The molecule has 0 saturated carbocycles. The number of aromatic nitrogens is 2. The number of allylic oxidation sites excluding steroid dienone is 1. The molecule has 0 amide bonds. The molecule has 0 bridgehead atoms. The predicted octanol–water partition coefficient (Wildman–Crippen LogP) is 0.398. The summed E-state index contributed by atoms with van der Waals surface area (Å²) in [5.41, 5.74) is 5.26. The Hall–Kier alpha value is -1.09. The maximum Gasteiger partial charge on any atom is 0.0948 e. The molecular formula is C7H11N3. The average Bonchev–Trinajstić information content (AvgIpc) is 2.41. The third-order valence-corrected chi connectivity index (χ3v) is 1.18. The second-order valence-corrected chi connectivity index (χ2v) is 1.97. The van der Waals surface area contributed by atoms with Crippen molar-refractivity contribution in [3.8, 4) is 0 Å². The zero-order valence-electron chi connectivity index (χ0n) is 5.77. The zero-order valence-corrected chi connectivity index (χ0v) is 5.77. The Morgan fingerprint density at radius 2 is 2.40 bits per heavy atom. The van der Waals surface area contributed by atoms with Crippen LogP contribution >= 0.6 is 0 Å². The van der Waals surface area contributed by atoms with Crippen molar-refractivity contribution in [1.29, 1.82) is 0 Å². The molecule has 3 nitrogen and oxygen atoms in total. The van der Waals surface area contributed by atoms with Gasteiger partial charge in [-0.15, -0.1) is 0 Å². The Bertz CT molecular complexity index is 189. The van der Waals surface area contributed by atoms with Crippen LogP contribution in [0.5, 0.6) is 0 Å². The molecule has 0 saturated heterocycles. The van der Waals surface area contributed by atoms with Crippen molar-refractivity contribution >= 4 is 0 Å². The van der Waals surface area contributed by atoms with E-state index in [1.807, 2.05) is 22.9 Å². The summed E-state index contributed by atoms with van der Waals surface area (Å²) in [5.74, 6) is 0. The minimum absolute atomic E-state index is 0.606. The van der Waals surface area contributed by atoms with Gasteiger partial charge in [0.2, 0.25) is 0 Å². The van der Waals surface area contributed by atoms with E-state index in [4.69, 9.17) is 5.73 Å². The second-order valence-electron chi connectivity index (χ2n) is 1.97. The van der Waals surface area contributed by atoms with Crippen LogP contribution in [0, 0.1) is 0 Å². The van der Waals surface area contributed by atoms with Gasteiger partial charge < -0.3 is 10.3 Å². The lowest BCUT2D eigenvalue weighted by atomic mass is 10.5. The minimum Gasteiger partial charge on any atom is -0.334 e. The highest BCUT2D eigenvalue weighted by atomic mass is 15.0. The van der Waals surface area contributed by atoms with Crippen LogP contribution in [0.25, 0.3) is 0 Å². The second kappa shape index (κ2) is 3.85. The Morgan fingerprint density at radius 3 is 3.00 bits per heavy atom. The standard InChI is InChI=1S/C7H11N3/c8-3-1-2-5-10-6-4-9-7-10/h1-2,4,6-7H,3,5,8H2. The summed E-state index contributed by atoms with van der Waals surface area (Å²) in [6, 6.07) is 0. The lowest BCUT2D eigenvalue weighted by Crippen LogP contribution is -1.95. The molecule has 0 atom stereocenters. The summed E-state index contributed by atoms with van der Waals surface area (Å²) in [6.45, 7) is 1.46. The Balaban J connectivity index is 2.34. The lowest BCUT2D eigenvalue weighted by molar-refractivity contribution is 0.818. The third-order valence-electron chi connectivity index (χ3n) is 1.18. The summed E-state index contributed by atoms with van der Waals surface area (Å²) in [4.78, 5) is 3.90. The number of hydrogen-bond donors (Lipinski definition) is 1. The van der Waals surface area contributed by atoms with Gasteiger partial charge in [0.1, 0.15) is 0 Å². The molecule has 2 N–H and O–H groups in total. The molecule has 0 aliphatic rings. The normalized spacial score (nSPS) is 10.9. The fourth-order valence-corrected chi connectivity index (χ4v) is 0.687. The van der Waals surface area contributed by atoms with Crippen molar-refractivity contribution in [1.82, 2.24) is 9.55 Å². The molecule has 0 aliphatic heterocycles. The molecule has 1 aromatic heterocycles. The molecule has 0 spiro atoms. The molecule has 0 unspecified atom stereocenters. The van der Waals surface area contributed by atoms with E-state index in [-0.39, 0.29) is 0 Å². The summed E-state index contributed by atoms with van der Waals surface area (Å²) >= 11 is 0. The molecule has 10 heavy (non-hydrogen) atoms. The largest absolute Gasteiger partial charge is 0.334 e. The Morgan fingerprint density at radius 1 is 1.50 bits per heavy atom. The Labute approximate surface area is 60.2 Å². The molecule has 3 heteroatoms. The molecule has 0 fully saturated rings. The molecule has 0 aromatic carbocycles. The summed E-state index contributed by atoms with van der Waals surface area (Å²) < 4.78 is 1.98. The van der Waals surface area contributed by atoms with Crippen LogP contribution in [-0.4, -0.2) is 16.1 Å². The number of imidazole rings is 1. The highest BCUT2D eigenvalue weighted by Gasteiger charge is 1.81. The fourth-order valence-electron chi connectivity index (χ4n) is 0.687. The van der Waals surface area contributed by atoms with Gasteiger partial charge in [-0.2, -0.15) is 0 Å². The maximum atomic E-state index is 5.26. The lowest BCUT2D eigenvalue weighted by Gasteiger charge is -1.92. The van der Waals surface area contributed by atoms with Crippen LogP contribution in [0.1, 0.15) is 0 Å². The number of nitrogens with zero attached hydrogens (tertiary/aromatic N) is 2. The van der Waals surface area contributed by atoms with Gasteiger partial charge in [0.05, 0.1) is 6.33 Å². The van der Waals surface area contributed by atoms with Gasteiger partial charge in [0.15, 0.2) is 0 Å². The highest BCUT2D eigenvalue weighted by Crippen LogP contribution is 1.85. The van der Waals surface area contributed by atoms with Crippen LogP contribution in [0.15, 0.2) is 30.9 Å². The van der Waals surface area contributed by atoms with Gasteiger partial charge in [0, 0.05) is 25.5 Å². The highest BCUT2D eigenvalue weighted by molar-refractivity contribution is 4.85. The first kappa shape index (κ1) is 7.02. The van der Waals surface area contributed by atoms with E-state index in [0.717, 1.165) is 6.54 Å². The van der Waals surface area contributed by atoms with Crippen LogP contribution in [0.3, 0.4) is 0 Å². The first-order valence-electron chi connectivity index (χ1n) is 3.24. The summed E-state index contributed by atoms with van der Waals surface area (Å²) in [6.07, 6.45) is 9.40. The maximum absolute atomic E-state index is 5.26. The first-order valence-corrected chi connectivity index (χ1v) is 3.24. The molecule has 0 aliphatic carbocycles. The third kappa shape index (κ3) is 2.03. The van der Waals surface area contributed by atoms with Gasteiger partial charge in [-0.25, -0.2) is 4.98 Å². The van der Waals surface area contributed by atoms with Crippen molar-refractivity contribution < 1.29 is 0 Å². The molecule has 0 radical (unpaired) electrons. The van der Waals surface area contributed by atoms with Gasteiger partial charge in [-0.05, 0) is 0 Å². The van der Waals surface area contributed by atoms with E-state index < -0.39 is 0 Å². The average molecular weight is 137 g/mol. The van der Waals surface area contributed by atoms with E-state index in [9.17, 15) is 0 Å². The van der Waals surface area contributed by atoms with Crippen molar-refractivity contribution in [2.24, 2.45) is 5.73 Å². The Kier molecular flexibility index (Phi) is 2.70. The zero-order chi connectivity index (χ0) is 7.23. The molecule has 1 aromatic rings. The van der Waals surface area contributed by atoms with E-state index in [1.165, 1.54) is 0 Å². The van der Waals surface area contributed by atoms with Crippen molar-refractivity contribution in [3.05, 3.63) is 30.9 Å². The molecule has 1 rings (SSSR count). The van der Waals surface area contributed by atoms with E-state index in [1.54, 1.807) is 12.5 Å². The van der Waals surface area contributed by atoms with Gasteiger partial charge in [0.25, 0.3) is 0 Å². The van der Waals surface area contributed by atoms with Crippen molar-refractivity contribution in [3.63, 3.8) is 0 Å². The predicted molar refractivity (Wildman–Crippen MR) is 40.4 cm³/mol. The first-order chi connectivity index (χ1) is 4.93. The number of nitrogens with two attached hydrogens (primary N) is 1. The molecule has 54 valence electrons. The van der Waals surface area contributed by atoms with Crippen molar-refractivity contribution in [2.75, 3.05) is 6.54 Å². The van der Waals surface area contributed by atoms with Gasteiger partial charge in [-0.3, -0.25) is 0 Å². The minimum atomic E-state index is 0.606.